The molecule has 0 aliphatic heterocycles. The second-order valence-corrected chi connectivity index (χ2v) is 6.99. The average molecular weight is 376 g/mol. The minimum absolute atomic E-state index is 0.0338. The Balaban J connectivity index is 1.60. The minimum Gasteiger partial charge on any atom is -0.308 e. The number of amides is 1. The molecule has 3 heterocycles. The normalized spacial score (nSPS) is 14.0. The maximum absolute atomic E-state index is 12.4. The van der Waals surface area contributed by atoms with Gasteiger partial charge in [0, 0.05) is 17.8 Å². The number of hydrogen-bond donors (Lipinski definition) is 1. The lowest BCUT2D eigenvalue weighted by Gasteiger charge is -2.07. The number of nitrogens with one attached hydrogen (secondary N) is 1. The van der Waals surface area contributed by atoms with E-state index in [1.807, 2.05) is 6.92 Å². The number of hydrogen-bond acceptors (Lipinski definition) is 4. The predicted molar refractivity (Wildman–Crippen MR) is 97.1 cm³/mol. The Morgan fingerprint density at radius 2 is 2.16 bits per heavy atom. The van der Waals surface area contributed by atoms with Gasteiger partial charge in [-0.1, -0.05) is 23.2 Å². The lowest BCUT2D eigenvalue weighted by atomic mass is 10.1. The van der Waals surface area contributed by atoms with Crippen LogP contribution in [0.2, 0.25) is 10.0 Å². The molecule has 0 atom stereocenters. The lowest BCUT2D eigenvalue weighted by molar-refractivity contribution is -0.116. The van der Waals surface area contributed by atoms with Gasteiger partial charge in [-0.3, -0.25) is 4.79 Å². The summed E-state index contributed by atoms with van der Waals surface area (Å²) in [6.45, 7) is 1.98. The van der Waals surface area contributed by atoms with E-state index in [1.165, 1.54) is 30.7 Å². The van der Waals surface area contributed by atoms with Crippen molar-refractivity contribution in [2.45, 2.75) is 32.2 Å². The van der Waals surface area contributed by atoms with Crippen molar-refractivity contribution in [2.24, 2.45) is 0 Å². The maximum Gasteiger partial charge on any atom is 0.247 e. The predicted octanol–water partition coefficient (Wildman–Crippen LogP) is 3.96. The number of rotatable bonds is 4. The highest BCUT2D eigenvalue weighted by atomic mass is 35.5. The first-order valence-electron chi connectivity index (χ1n) is 7.96. The van der Waals surface area contributed by atoms with Crippen LogP contribution in [0.15, 0.2) is 24.5 Å². The Morgan fingerprint density at radius 1 is 1.36 bits per heavy atom. The second kappa shape index (κ2) is 6.28. The van der Waals surface area contributed by atoms with Crippen LogP contribution in [0, 0.1) is 6.92 Å². The molecule has 128 valence electrons. The summed E-state index contributed by atoms with van der Waals surface area (Å²) < 4.78 is 1.62. The third-order valence-electron chi connectivity index (χ3n) is 4.22. The number of nitrogens with zero attached hydrogens (tertiary/aromatic N) is 4. The highest BCUT2D eigenvalue weighted by molar-refractivity contribution is 6.36. The van der Waals surface area contributed by atoms with E-state index in [1.54, 1.807) is 10.9 Å². The number of aryl methyl sites for hydroxylation is 1. The molecular weight excluding hydrogens is 361 g/mol. The maximum atomic E-state index is 12.4. The summed E-state index contributed by atoms with van der Waals surface area (Å²) in [7, 11) is 0. The summed E-state index contributed by atoms with van der Waals surface area (Å²) >= 11 is 11.9. The topological polar surface area (TPSA) is 72.7 Å². The molecule has 8 heteroatoms. The van der Waals surface area contributed by atoms with Crippen LogP contribution in [0.3, 0.4) is 0 Å². The average Bonchev–Trinajstić information content (AvgIpc) is 3.36. The molecule has 4 rings (SSSR count). The fourth-order valence-corrected chi connectivity index (χ4v) is 3.40. The molecule has 3 aromatic heterocycles. The zero-order chi connectivity index (χ0) is 17.6. The Hall–Kier alpha value is -2.18. The molecule has 0 bridgehead atoms. The van der Waals surface area contributed by atoms with Gasteiger partial charge in [0.25, 0.3) is 0 Å². The van der Waals surface area contributed by atoms with Crippen LogP contribution < -0.4 is 5.32 Å². The largest absolute Gasteiger partial charge is 0.308 e. The number of halogens is 2. The second-order valence-electron chi connectivity index (χ2n) is 6.15. The molecule has 1 fully saturated rings. The molecule has 0 saturated heterocycles. The van der Waals surface area contributed by atoms with Crippen LogP contribution in [-0.4, -0.2) is 25.7 Å². The van der Waals surface area contributed by atoms with E-state index in [2.05, 4.69) is 26.4 Å². The summed E-state index contributed by atoms with van der Waals surface area (Å²) in [5.41, 5.74) is 2.89. The summed E-state index contributed by atoms with van der Waals surface area (Å²) in [6.07, 6.45) is 5.61. The monoisotopic (exact) mass is 375 g/mol. The van der Waals surface area contributed by atoms with Crippen molar-refractivity contribution in [3.63, 3.8) is 0 Å². The number of pyridine rings is 2. The zero-order valence-electron chi connectivity index (χ0n) is 13.5. The molecule has 0 spiro atoms. The summed E-state index contributed by atoms with van der Waals surface area (Å²) in [5.74, 6) is 0.586. The van der Waals surface area contributed by atoms with Gasteiger partial charge >= 0.3 is 0 Å². The van der Waals surface area contributed by atoms with Gasteiger partial charge in [0.15, 0.2) is 11.5 Å². The first kappa shape index (κ1) is 16.3. The number of anilines is 1. The quantitative estimate of drug-likeness (QED) is 0.748. The zero-order valence-corrected chi connectivity index (χ0v) is 15.0. The molecule has 6 nitrogen and oxygen atoms in total. The first-order chi connectivity index (χ1) is 12.0. The standard InChI is InChI=1S/C17H15Cl2N5O/c1-9-15-12(10-2-3-10)4-5-20-17(15)24(23-9)8-14(25)22-16-13(19)6-11(18)7-21-16/h4-7,10H,2-3,8H2,1H3,(H,21,22,25). The molecule has 0 radical (unpaired) electrons. The smallest absolute Gasteiger partial charge is 0.247 e. The van der Waals surface area contributed by atoms with Gasteiger partial charge in [0.05, 0.1) is 15.7 Å². The Labute approximate surface area is 154 Å². The molecule has 1 saturated carbocycles. The van der Waals surface area contributed by atoms with E-state index < -0.39 is 0 Å². The minimum atomic E-state index is -0.278. The highest BCUT2D eigenvalue weighted by Crippen LogP contribution is 2.43. The van der Waals surface area contributed by atoms with E-state index in [0.717, 1.165) is 16.7 Å². The van der Waals surface area contributed by atoms with Gasteiger partial charge in [0.2, 0.25) is 5.91 Å². The van der Waals surface area contributed by atoms with E-state index in [0.29, 0.717) is 10.9 Å². The molecule has 0 aromatic carbocycles. The van der Waals surface area contributed by atoms with Crippen LogP contribution in [0.25, 0.3) is 11.0 Å². The van der Waals surface area contributed by atoms with E-state index in [4.69, 9.17) is 23.2 Å². The van der Waals surface area contributed by atoms with Gasteiger partial charge in [0.1, 0.15) is 6.54 Å². The Bertz CT molecular complexity index is 981. The molecule has 25 heavy (non-hydrogen) atoms. The fraction of sp³-hybridized carbons (Fsp3) is 0.294. The molecule has 1 N–H and O–H groups in total. The van der Waals surface area contributed by atoms with Crippen molar-refractivity contribution in [1.29, 1.82) is 0 Å². The SMILES string of the molecule is Cc1nn(CC(=O)Nc2ncc(Cl)cc2Cl)c2nccc(C3CC3)c12. The summed E-state index contributed by atoms with van der Waals surface area (Å²) in [5, 5.41) is 8.93. The van der Waals surface area contributed by atoms with Gasteiger partial charge < -0.3 is 5.32 Å². The van der Waals surface area contributed by atoms with Crippen LogP contribution in [0.5, 0.6) is 0 Å². The van der Waals surface area contributed by atoms with Crippen LogP contribution >= 0.6 is 23.2 Å². The van der Waals surface area contributed by atoms with Crippen molar-refractivity contribution >= 4 is 46.0 Å². The summed E-state index contributed by atoms with van der Waals surface area (Å²) in [4.78, 5) is 20.8. The number of fused-ring (bicyclic) bond motifs is 1. The van der Waals surface area contributed by atoms with Crippen LogP contribution in [-0.2, 0) is 11.3 Å². The molecule has 1 amide bonds. The third-order valence-corrected chi connectivity index (χ3v) is 4.71. The van der Waals surface area contributed by atoms with E-state index in [-0.39, 0.29) is 23.3 Å². The van der Waals surface area contributed by atoms with Gasteiger partial charge in [-0.2, -0.15) is 5.10 Å². The van der Waals surface area contributed by atoms with E-state index in [9.17, 15) is 4.79 Å². The molecule has 3 aromatic rings. The highest BCUT2D eigenvalue weighted by Gasteiger charge is 2.27. The van der Waals surface area contributed by atoms with Crippen molar-refractivity contribution in [3.8, 4) is 0 Å². The van der Waals surface area contributed by atoms with Gasteiger partial charge in [-0.25, -0.2) is 14.6 Å². The molecular formula is C17H15Cl2N5O. The fourth-order valence-electron chi connectivity index (χ4n) is 2.97. The van der Waals surface area contributed by atoms with Crippen molar-refractivity contribution in [2.75, 3.05) is 5.32 Å². The summed E-state index contributed by atoms with van der Waals surface area (Å²) in [6, 6.07) is 3.58. The van der Waals surface area contributed by atoms with Gasteiger partial charge in [-0.15, -0.1) is 0 Å². The lowest BCUT2D eigenvalue weighted by Crippen LogP contribution is -2.20. The van der Waals surface area contributed by atoms with Crippen LogP contribution in [0.4, 0.5) is 5.82 Å². The molecule has 1 aliphatic rings. The van der Waals surface area contributed by atoms with Crippen LogP contribution in [0.1, 0.15) is 30.0 Å². The van der Waals surface area contributed by atoms with Gasteiger partial charge in [-0.05, 0) is 43.4 Å². The third kappa shape index (κ3) is 3.19. The number of carbonyl (C=O) groups excluding carboxylic acids is 1. The van der Waals surface area contributed by atoms with Crippen molar-refractivity contribution in [1.82, 2.24) is 19.7 Å². The first-order valence-corrected chi connectivity index (χ1v) is 8.71. The molecule has 0 unspecified atom stereocenters. The Morgan fingerprint density at radius 3 is 2.88 bits per heavy atom. The number of aromatic nitrogens is 4. The Kier molecular flexibility index (Phi) is 4.09. The molecule has 1 aliphatic carbocycles. The van der Waals surface area contributed by atoms with Crippen molar-refractivity contribution < 1.29 is 4.79 Å². The number of carbonyl (C=O) groups is 1. The van der Waals surface area contributed by atoms with E-state index >= 15 is 0 Å². The van der Waals surface area contributed by atoms with Crippen molar-refractivity contribution in [3.05, 3.63) is 45.8 Å².